The van der Waals surface area contributed by atoms with Gasteiger partial charge in [-0.05, 0) is 67.9 Å². The van der Waals surface area contributed by atoms with E-state index in [2.05, 4.69) is 5.32 Å². The van der Waals surface area contributed by atoms with E-state index < -0.39 is 28.3 Å². The van der Waals surface area contributed by atoms with Gasteiger partial charge in [0.1, 0.15) is 18.1 Å². The van der Waals surface area contributed by atoms with Crippen molar-refractivity contribution in [2.45, 2.75) is 25.3 Å². The summed E-state index contributed by atoms with van der Waals surface area (Å²) >= 11 is 0. The molecule has 0 saturated heterocycles. The number of anilines is 1. The summed E-state index contributed by atoms with van der Waals surface area (Å²) in [5.74, 6) is -0.360. The van der Waals surface area contributed by atoms with Crippen molar-refractivity contribution in [2.24, 2.45) is 0 Å². The summed E-state index contributed by atoms with van der Waals surface area (Å²) in [4.78, 5) is 12.7. The number of amides is 1. The van der Waals surface area contributed by atoms with Crippen molar-refractivity contribution in [3.05, 3.63) is 89.7 Å². The first-order valence-corrected chi connectivity index (χ1v) is 11.6. The third-order valence-corrected chi connectivity index (χ3v) is 6.50. The molecule has 6 nitrogen and oxygen atoms in total. The number of benzene rings is 3. The van der Waals surface area contributed by atoms with Crippen molar-refractivity contribution in [2.75, 3.05) is 17.5 Å². The number of rotatable bonds is 9. The van der Waals surface area contributed by atoms with Crippen LogP contribution in [0.25, 0.3) is 0 Å². The number of carbonyl (C=O) groups is 1. The summed E-state index contributed by atoms with van der Waals surface area (Å²) in [6, 6.07) is 18.8. The molecular formula is C24H25FN2O4S. The van der Waals surface area contributed by atoms with Crippen molar-refractivity contribution < 1.29 is 22.3 Å². The molecule has 3 rings (SSSR count). The van der Waals surface area contributed by atoms with Crippen LogP contribution in [0.15, 0.2) is 77.7 Å². The molecule has 168 valence electrons. The molecule has 8 heteroatoms. The van der Waals surface area contributed by atoms with Crippen molar-refractivity contribution >= 4 is 21.6 Å². The van der Waals surface area contributed by atoms with E-state index in [9.17, 15) is 17.6 Å². The van der Waals surface area contributed by atoms with E-state index in [0.29, 0.717) is 23.6 Å². The molecule has 0 saturated carbocycles. The molecule has 1 N–H and O–H groups in total. The van der Waals surface area contributed by atoms with E-state index in [4.69, 9.17) is 4.74 Å². The largest absolute Gasteiger partial charge is 0.494 e. The summed E-state index contributed by atoms with van der Waals surface area (Å²) in [5, 5.41) is 2.66. The van der Waals surface area contributed by atoms with Crippen LogP contribution in [0.2, 0.25) is 0 Å². The van der Waals surface area contributed by atoms with Gasteiger partial charge in [-0.1, -0.05) is 29.8 Å². The first-order chi connectivity index (χ1) is 15.3. The maximum Gasteiger partial charge on any atom is 0.264 e. The van der Waals surface area contributed by atoms with Gasteiger partial charge in [-0.15, -0.1) is 0 Å². The number of hydrogen-bond acceptors (Lipinski definition) is 4. The van der Waals surface area contributed by atoms with Crippen molar-refractivity contribution in [1.29, 1.82) is 0 Å². The normalized spacial score (nSPS) is 11.1. The van der Waals surface area contributed by atoms with Crippen molar-refractivity contribution in [1.82, 2.24) is 5.32 Å². The highest BCUT2D eigenvalue weighted by Gasteiger charge is 2.27. The Morgan fingerprint density at radius 1 is 1.03 bits per heavy atom. The minimum absolute atomic E-state index is 0.0412. The summed E-state index contributed by atoms with van der Waals surface area (Å²) in [5.41, 5.74) is 1.91. The zero-order valence-electron chi connectivity index (χ0n) is 17.9. The Morgan fingerprint density at radius 3 is 2.34 bits per heavy atom. The average Bonchev–Trinajstić information content (AvgIpc) is 2.77. The Kier molecular flexibility index (Phi) is 7.48. The standard InChI is InChI=1S/C24H25FN2O4S/c1-3-31-22-11-13-23(14-12-22)32(29,30)27(21-9-7-18(2)8-10-21)17-24(28)26-16-19-5-4-6-20(25)15-19/h4-15H,3,16-17H2,1-2H3,(H,26,28). The highest BCUT2D eigenvalue weighted by molar-refractivity contribution is 7.92. The van der Waals surface area contributed by atoms with E-state index in [1.807, 2.05) is 13.8 Å². The Hall–Kier alpha value is -3.39. The summed E-state index contributed by atoms with van der Waals surface area (Å²) < 4.78 is 46.6. The maximum atomic E-state index is 13.4. The fraction of sp³-hybridized carbons (Fsp3) is 0.208. The van der Waals surface area contributed by atoms with E-state index in [0.717, 1.165) is 9.87 Å². The Bertz CT molecular complexity index is 1160. The van der Waals surface area contributed by atoms with Crippen LogP contribution in [-0.4, -0.2) is 27.5 Å². The third-order valence-electron chi connectivity index (χ3n) is 4.71. The molecule has 3 aromatic carbocycles. The molecule has 3 aromatic rings. The minimum Gasteiger partial charge on any atom is -0.494 e. The number of nitrogens with one attached hydrogen (secondary N) is 1. The van der Waals surface area contributed by atoms with Gasteiger partial charge in [0.15, 0.2) is 0 Å². The van der Waals surface area contributed by atoms with Gasteiger partial charge < -0.3 is 10.1 Å². The molecule has 0 fully saturated rings. The van der Waals surface area contributed by atoms with Crippen LogP contribution in [0.4, 0.5) is 10.1 Å². The highest BCUT2D eigenvalue weighted by Crippen LogP contribution is 2.25. The van der Waals surface area contributed by atoms with Crippen LogP contribution in [-0.2, 0) is 21.4 Å². The van der Waals surface area contributed by atoms with E-state index in [-0.39, 0.29) is 11.4 Å². The lowest BCUT2D eigenvalue weighted by molar-refractivity contribution is -0.119. The quantitative estimate of drug-likeness (QED) is 0.527. The van der Waals surface area contributed by atoms with Crippen LogP contribution < -0.4 is 14.4 Å². The fourth-order valence-electron chi connectivity index (χ4n) is 3.06. The van der Waals surface area contributed by atoms with Gasteiger partial charge in [0.25, 0.3) is 10.0 Å². The molecule has 1 amide bonds. The number of nitrogens with zero attached hydrogens (tertiary/aromatic N) is 1. The average molecular weight is 457 g/mol. The van der Waals surface area contributed by atoms with Crippen molar-refractivity contribution in [3.8, 4) is 5.75 Å². The van der Waals surface area contributed by atoms with Gasteiger partial charge in [0, 0.05) is 6.54 Å². The zero-order chi connectivity index (χ0) is 23.1. The molecular weight excluding hydrogens is 431 g/mol. The predicted molar refractivity (Wildman–Crippen MR) is 122 cm³/mol. The fourth-order valence-corrected chi connectivity index (χ4v) is 4.48. The van der Waals surface area contributed by atoms with E-state index in [1.54, 1.807) is 48.5 Å². The topological polar surface area (TPSA) is 75.7 Å². The van der Waals surface area contributed by atoms with E-state index >= 15 is 0 Å². The number of sulfonamides is 1. The van der Waals surface area contributed by atoms with Gasteiger partial charge in [-0.25, -0.2) is 12.8 Å². The van der Waals surface area contributed by atoms with Gasteiger partial charge in [-0.2, -0.15) is 0 Å². The lowest BCUT2D eigenvalue weighted by atomic mass is 10.2. The second-order valence-electron chi connectivity index (χ2n) is 7.16. The van der Waals surface area contributed by atoms with Gasteiger partial charge >= 0.3 is 0 Å². The number of halogens is 1. The van der Waals surface area contributed by atoms with Crippen LogP contribution in [0, 0.1) is 12.7 Å². The van der Waals surface area contributed by atoms with Gasteiger partial charge in [0.2, 0.25) is 5.91 Å². The molecule has 0 radical (unpaired) electrons. The first kappa shape index (κ1) is 23.3. The first-order valence-electron chi connectivity index (χ1n) is 10.1. The Morgan fingerprint density at radius 2 is 1.72 bits per heavy atom. The molecule has 0 heterocycles. The molecule has 0 atom stereocenters. The van der Waals surface area contributed by atoms with E-state index in [1.165, 1.54) is 24.3 Å². The summed E-state index contributed by atoms with van der Waals surface area (Å²) in [6.07, 6.45) is 0. The highest BCUT2D eigenvalue weighted by atomic mass is 32.2. The Labute approximate surface area is 187 Å². The molecule has 0 bridgehead atoms. The monoisotopic (exact) mass is 456 g/mol. The van der Waals surface area contributed by atoms with Gasteiger partial charge in [-0.3, -0.25) is 9.10 Å². The second-order valence-corrected chi connectivity index (χ2v) is 9.02. The lowest BCUT2D eigenvalue weighted by Crippen LogP contribution is -2.40. The van der Waals surface area contributed by atoms with Crippen LogP contribution >= 0.6 is 0 Å². The van der Waals surface area contributed by atoms with Crippen molar-refractivity contribution in [3.63, 3.8) is 0 Å². The van der Waals surface area contributed by atoms with Crippen LogP contribution in [0.1, 0.15) is 18.1 Å². The second kappa shape index (κ2) is 10.3. The molecule has 0 aliphatic rings. The molecule has 0 aliphatic heterocycles. The van der Waals surface area contributed by atoms with Crippen LogP contribution in [0.3, 0.4) is 0 Å². The van der Waals surface area contributed by atoms with Crippen LogP contribution in [0.5, 0.6) is 5.75 Å². The zero-order valence-corrected chi connectivity index (χ0v) is 18.7. The minimum atomic E-state index is -4.03. The van der Waals surface area contributed by atoms with Gasteiger partial charge in [0.05, 0.1) is 17.2 Å². The smallest absolute Gasteiger partial charge is 0.264 e. The maximum absolute atomic E-state index is 13.4. The molecule has 32 heavy (non-hydrogen) atoms. The number of ether oxygens (including phenoxy) is 1. The summed E-state index contributed by atoms with van der Waals surface area (Å²) in [7, 11) is -4.03. The predicted octanol–water partition coefficient (Wildman–Crippen LogP) is 4.04. The molecule has 0 unspecified atom stereocenters. The molecule has 0 aliphatic carbocycles. The summed E-state index contributed by atoms with van der Waals surface area (Å²) in [6.45, 7) is 3.86. The molecule has 0 spiro atoms. The Balaban J connectivity index is 1.84. The number of carbonyl (C=O) groups excluding carboxylic acids is 1. The molecule has 0 aromatic heterocycles. The number of hydrogen-bond donors (Lipinski definition) is 1. The lowest BCUT2D eigenvalue weighted by Gasteiger charge is -2.24. The third kappa shape index (κ3) is 5.85. The number of aryl methyl sites for hydroxylation is 1. The SMILES string of the molecule is CCOc1ccc(S(=O)(=O)N(CC(=O)NCc2cccc(F)c2)c2ccc(C)cc2)cc1.